The van der Waals surface area contributed by atoms with Gasteiger partial charge in [0, 0.05) is 18.7 Å². The molecule has 164 valence electrons. The average molecular weight is 445 g/mol. The van der Waals surface area contributed by atoms with Gasteiger partial charge in [-0.25, -0.2) is 17.5 Å². The fourth-order valence-electron chi connectivity index (χ4n) is 2.51. The van der Waals surface area contributed by atoms with E-state index >= 15 is 0 Å². The third-order valence-corrected chi connectivity index (χ3v) is 4.86. The molecule has 3 N–H and O–H groups in total. The summed E-state index contributed by atoms with van der Waals surface area (Å²) in [4.78, 5) is 15.5. The highest BCUT2D eigenvalue weighted by atomic mass is 32.2. The number of alkyl halides is 3. The Balaban J connectivity index is 2.09. The Kier molecular flexibility index (Phi) is 7.56. The third-order valence-electron chi connectivity index (χ3n) is 4.19. The maximum atomic E-state index is 13.2. The molecule has 1 heterocycles. The molecule has 30 heavy (non-hydrogen) atoms. The van der Waals surface area contributed by atoms with Crippen LogP contribution in [-0.4, -0.2) is 49.3 Å². The standard InChI is InChI=1S/C19H22F3N3O4S/c1-19(21,22)18(27)25-16(9-20)17(26)13-5-3-12(4-6-13)14-7-8-15(23-10-14)11-24-30(2,28)29/h3-8,10,16-17,24,26H,9,11H2,1-2H3,(H,25,27)/t16-,17-/m1/s1. The molecule has 11 heteroatoms. The number of rotatable bonds is 9. The van der Waals surface area contributed by atoms with Crippen molar-refractivity contribution in [3.05, 3.63) is 53.9 Å². The number of halogens is 3. The number of aliphatic hydroxyl groups excluding tert-OH is 1. The number of carbonyl (C=O) groups is 1. The van der Waals surface area contributed by atoms with Gasteiger partial charge >= 0.3 is 5.92 Å². The summed E-state index contributed by atoms with van der Waals surface area (Å²) in [7, 11) is -3.33. The Morgan fingerprint density at radius 1 is 1.17 bits per heavy atom. The number of carbonyl (C=O) groups excluding carboxylic acids is 1. The third kappa shape index (κ3) is 6.78. The minimum atomic E-state index is -3.69. The van der Waals surface area contributed by atoms with Crippen molar-refractivity contribution in [2.75, 3.05) is 12.9 Å². The topological polar surface area (TPSA) is 108 Å². The van der Waals surface area contributed by atoms with Gasteiger partial charge in [0.2, 0.25) is 10.0 Å². The Bertz CT molecular complexity index is 962. The molecule has 0 spiro atoms. The van der Waals surface area contributed by atoms with E-state index in [-0.39, 0.29) is 12.1 Å². The Morgan fingerprint density at radius 2 is 1.77 bits per heavy atom. The summed E-state index contributed by atoms with van der Waals surface area (Å²) < 4.78 is 63.7. The lowest BCUT2D eigenvalue weighted by Gasteiger charge is -2.23. The largest absolute Gasteiger partial charge is 0.386 e. The van der Waals surface area contributed by atoms with E-state index in [4.69, 9.17) is 0 Å². The van der Waals surface area contributed by atoms with Crippen LogP contribution in [0.15, 0.2) is 42.6 Å². The van der Waals surface area contributed by atoms with Crippen LogP contribution in [0.3, 0.4) is 0 Å². The number of nitrogens with one attached hydrogen (secondary N) is 2. The first-order valence-corrected chi connectivity index (χ1v) is 10.7. The number of hydrogen-bond donors (Lipinski definition) is 3. The molecule has 1 aromatic carbocycles. The molecule has 0 saturated carbocycles. The highest BCUT2D eigenvalue weighted by molar-refractivity contribution is 7.88. The molecule has 0 unspecified atom stereocenters. The van der Waals surface area contributed by atoms with Crippen LogP contribution in [0.4, 0.5) is 13.2 Å². The lowest BCUT2D eigenvalue weighted by atomic mass is 9.99. The maximum Gasteiger partial charge on any atom is 0.321 e. The molecule has 0 aliphatic carbocycles. The van der Waals surface area contributed by atoms with Gasteiger partial charge in [-0.15, -0.1) is 0 Å². The number of amides is 1. The molecule has 0 aliphatic rings. The van der Waals surface area contributed by atoms with Crippen molar-refractivity contribution in [2.24, 2.45) is 0 Å². The molecule has 1 amide bonds. The first-order chi connectivity index (χ1) is 13.9. The van der Waals surface area contributed by atoms with Crippen LogP contribution in [0.2, 0.25) is 0 Å². The summed E-state index contributed by atoms with van der Waals surface area (Å²) >= 11 is 0. The van der Waals surface area contributed by atoms with E-state index in [0.29, 0.717) is 23.7 Å². The summed E-state index contributed by atoms with van der Waals surface area (Å²) in [5, 5.41) is 12.1. The van der Waals surface area contributed by atoms with Crippen molar-refractivity contribution in [1.29, 1.82) is 0 Å². The second kappa shape index (κ2) is 9.54. The molecular formula is C19H22F3N3O4S. The fraction of sp³-hybridized carbons (Fsp3) is 0.368. The molecule has 0 aliphatic heterocycles. The molecule has 0 saturated heterocycles. The van der Waals surface area contributed by atoms with Crippen molar-refractivity contribution < 1.29 is 31.5 Å². The van der Waals surface area contributed by atoms with Gasteiger partial charge in [0.15, 0.2) is 0 Å². The van der Waals surface area contributed by atoms with Crippen LogP contribution >= 0.6 is 0 Å². The van der Waals surface area contributed by atoms with Crippen molar-refractivity contribution in [1.82, 2.24) is 15.0 Å². The zero-order valence-corrected chi connectivity index (χ0v) is 17.1. The number of benzene rings is 1. The smallest absolute Gasteiger partial charge is 0.321 e. The number of sulfonamides is 1. The van der Waals surface area contributed by atoms with E-state index in [9.17, 15) is 31.5 Å². The van der Waals surface area contributed by atoms with Gasteiger partial charge in [-0.05, 0) is 17.2 Å². The van der Waals surface area contributed by atoms with Crippen LogP contribution in [0, 0.1) is 0 Å². The lowest BCUT2D eigenvalue weighted by Crippen LogP contribution is -2.47. The maximum absolute atomic E-state index is 13.2. The van der Waals surface area contributed by atoms with Crippen LogP contribution in [0.5, 0.6) is 0 Å². The minimum absolute atomic E-state index is 0.0530. The highest BCUT2D eigenvalue weighted by Gasteiger charge is 2.35. The van der Waals surface area contributed by atoms with Gasteiger partial charge in [0.1, 0.15) is 12.8 Å². The van der Waals surface area contributed by atoms with E-state index in [2.05, 4.69) is 9.71 Å². The number of pyridine rings is 1. The minimum Gasteiger partial charge on any atom is -0.386 e. The SMILES string of the molecule is CC(F)(F)C(=O)N[C@H](CF)[C@H](O)c1ccc(-c2ccc(CNS(C)(=O)=O)nc2)cc1. The van der Waals surface area contributed by atoms with E-state index in [1.165, 1.54) is 12.1 Å². The molecule has 2 rings (SSSR count). The summed E-state index contributed by atoms with van der Waals surface area (Å²) in [6.45, 7) is -0.787. The molecule has 0 radical (unpaired) electrons. The van der Waals surface area contributed by atoms with Crippen LogP contribution in [0.25, 0.3) is 11.1 Å². The predicted octanol–water partition coefficient (Wildman–Crippen LogP) is 1.94. The van der Waals surface area contributed by atoms with Crippen LogP contribution < -0.4 is 10.0 Å². The monoisotopic (exact) mass is 445 g/mol. The van der Waals surface area contributed by atoms with E-state index in [1.807, 2.05) is 5.32 Å². The molecule has 2 atom stereocenters. The number of nitrogens with zero attached hydrogens (tertiary/aromatic N) is 1. The molecule has 0 bridgehead atoms. The quantitative estimate of drug-likeness (QED) is 0.547. The van der Waals surface area contributed by atoms with Crippen molar-refractivity contribution in [3.8, 4) is 11.1 Å². The molecule has 1 aromatic heterocycles. The summed E-state index contributed by atoms with van der Waals surface area (Å²) in [6.07, 6.45) is 1.07. The van der Waals surface area contributed by atoms with Crippen LogP contribution in [0.1, 0.15) is 24.3 Å². The average Bonchev–Trinajstić information content (AvgIpc) is 2.69. The van der Waals surface area contributed by atoms with Gasteiger partial charge in [-0.2, -0.15) is 8.78 Å². The summed E-state index contributed by atoms with van der Waals surface area (Å²) in [5.74, 6) is -5.36. The fourth-order valence-corrected chi connectivity index (χ4v) is 2.92. The summed E-state index contributed by atoms with van der Waals surface area (Å²) in [5.41, 5.74) is 2.18. The van der Waals surface area contributed by atoms with Gasteiger partial charge in [-0.3, -0.25) is 9.78 Å². The van der Waals surface area contributed by atoms with Crippen molar-refractivity contribution in [2.45, 2.75) is 31.5 Å². The number of hydrogen-bond acceptors (Lipinski definition) is 5. The Hall–Kier alpha value is -2.50. The molecule has 2 aromatic rings. The van der Waals surface area contributed by atoms with Crippen molar-refractivity contribution >= 4 is 15.9 Å². The molecular weight excluding hydrogens is 423 g/mol. The second-order valence-electron chi connectivity index (χ2n) is 6.82. The van der Waals surface area contributed by atoms with Gasteiger partial charge in [0.05, 0.1) is 24.5 Å². The van der Waals surface area contributed by atoms with Gasteiger partial charge in [-0.1, -0.05) is 30.3 Å². The van der Waals surface area contributed by atoms with E-state index < -0.39 is 40.7 Å². The zero-order valence-electron chi connectivity index (χ0n) is 16.3. The zero-order chi connectivity index (χ0) is 22.5. The number of aromatic nitrogens is 1. The van der Waals surface area contributed by atoms with Gasteiger partial charge in [0.25, 0.3) is 5.91 Å². The van der Waals surface area contributed by atoms with Crippen molar-refractivity contribution in [3.63, 3.8) is 0 Å². The van der Waals surface area contributed by atoms with E-state index in [0.717, 1.165) is 6.26 Å². The lowest BCUT2D eigenvalue weighted by molar-refractivity contribution is -0.145. The second-order valence-corrected chi connectivity index (χ2v) is 8.65. The first-order valence-electron chi connectivity index (χ1n) is 8.83. The van der Waals surface area contributed by atoms with Crippen LogP contribution in [-0.2, 0) is 21.4 Å². The summed E-state index contributed by atoms with van der Waals surface area (Å²) in [6, 6.07) is 8.07. The predicted molar refractivity (Wildman–Crippen MR) is 105 cm³/mol. The highest BCUT2D eigenvalue weighted by Crippen LogP contribution is 2.24. The van der Waals surface area contributed by atoms with Gasteiger partial charge < -0.3 is 10.4 Å². The number of aliphatic hydroxyl groups is 1. The first kappa shape index (κ1) is 23.8. The molecule has 7 nitrogen and oxygen atoms in total. The Labute approximate surface area is 172 Å². The Morgan fingerprint density at radius 3 is 2.23 bits per heavy atom. The molecule has 0 fully saturated rings. The van der Waals surface area contributed by atoms with E-state index in [1.54, 1.807) is 30.5 Å². The normalized spacial score (nSPS) is 14.2.